The minimum absolute atomic E-state index is 0.375. The number of Topliss-reactive ketones (excluding diaryl/α,β-unsaturated/α-hetero) is 1. The molecule has 2 aliphatic carbocycles. The van der Waals surface area contributed by atoms with Crippen molar-refractivity contribution < 1.29 is 4.79 Å². The number of ketones is 1. The van der Waals surface area contributed by atoms with Gasteiger partial charge in [0.15, 0.2) is 0 Å². The van der Waals surface area contributed by atoms with Gasteiger partial charge in [0.1, 0.15) is 5.78 Å². The number of hydrogen-bond donors (Lipinski definition) is 0. The van der Waals surface area contributed by atoms with Gasteiger partial charge in [0.2, 0.25) is 0 Å². The van der Waals surface area contributed by atoms with Gasteiger partial charge in [0.25, 0.3) is 0 Å². The van der Waals surface area contributed by atoms with E-state index in [0.29, 0.717) is 11.7 Å². The molecule has 2 fully saturated rings. The fourth-order valence-electron chi connectivity index (χ4n) is 3.76. The maximum atomic E-state index is 12.3. The van der Waals surface area contributed by atoms with Gasteiger partial charge in [-0.05, 0) is 43.9 Å². The predicted molar refractivity (Wildman–Crippen MR) is 80.0 cm³/mol. The zero-order valence-electron chi connectivity index (χ0n) is 12.0. The van der Waals surface area contributed by atoms with Gasteiger partial charge in [0.05, 0.1) is 5.75 Å². The van der Waals surface area contributed by atoms with Crippen LogP contribution in [0.15, 0.2) is 0 Å². The third-order valence-corrected chi connectivity index (χ3v) is 6.04. The third-order valence-electron chi connectivity index (χ3n) is 4.65. The second-order valence-corrected chi connectivity index (χ2v) is 7.94. The molecule has 2 unspecified atom stereocenters. The number of carbonyl (C=O) groups excluding carboxylic acids is 1. The van der Waals surface area contributed by atoms with E-state index in [0.717, 1.165) is 35.7 Å². The molecule has 0 saturated heterocycles. The predicted octanol–water partition coefficient (Wildman–Crippen LogP) is 4.69. The number of thioether (sulfide) groups is 1. The van der Waals surface area contributed by atoms with E-state index in [2.05, 4.69) is 13.8 Å². The summed E-state index contributed by atoms with van der Waals surface area (Å²) in [6, 6.07) is 0. The normalized spacial score (nSPS) is 34.4. The van der Waals surface area contributed by atoms with Crippen LogP contribution < -0.4 is 0 Å². The van der Waals surface area contributed by atoms with Crippen molar-refractivity contribution in [3.8, 4) is 0 Å². The highest BCUT2D eigenvalue weighted by molar-refractivity contribution is 8.00. The van der Waals surface area contributed by atoms with Crippen LogP contribution in [0.1, 0.15) is 65.2 Å². The van der Waals surface area contributed by atoms with Gasteiger partial charge in [0, 0.05) is 11.2 Å². The molecule has 0 bridgehead atoms. The van der Waals surface area contributed by atoms with Crippen LogP contribution in [-0.2, 0) is 4.79 Å². The topological polar surface area (TPSA) is 17.1 Å². The van der Waals surface area contributed by atoms with Crippen molar-refractivity contribution >= 4 is 17.5 Å². The SMILES string of the molecule is CC1CC(C)CC(C(=O)CSC2CCCCC2)C1. The van der Waals surface area contributed by atoms with Crippen molar-refractivity contribution in [2.45, 2.75) is 70.5 Å². The molecule has 0 aliphatic heterocycles. The van der Waals surface area contributed by atoms with E-state index in [-0.39, 0.29) is 0 Å². The Morgan fingerprint density at radius 3 is 2.22 bits per heavy atom. The number of rotatable bonds is 4. The molecular weight excluding hydrogens is 240 g/mol. The van der Waals surface area contributed by atoms with Gasteiger partial charge in [-0.15, -0.1) is 0 Å². The Morgan fingerprint density at radius 1 is 1.00 bits per heavy atom. The molecule has 0 aromatic carbocycles. The average Bonchev–Trinajstić information content (AvgIpc) is 2.36. The second-order valence-electron chi connectivity index (χ2n) is 6.65. The summed E-state index contributed by atoms with van der Waals surface area (Å²) in [7, 11) is 0. The van der Waals surface area contributed by atoms with E-state index in [9.17, 15) is 4.79 Å². The van der Waals surface area contributed by atoms with Gasteiger partial charge < -0.3 is 0 Å². The van der Waals surface area contributed by atoms with Crippen LogP contribution in [0.2, 0.25) is 0 Å². The van der Waals surface area contributed by atoms with Gasteiger partial charge in [-0.25, -0.2) is 0 Å². The number of carbonyl (C=O) groups is 1. The molecule has 104 valence electrons. The molecule has 0 aromatic heterocycles. The van der Waals surface area contributed by atoms with Crippen molar-refractivity contribution in [2.24, 2.45) is 17.8 Å². The molecule has 18 heavy (non-hydrogen) atoms. The highest BCUT2D eigenvalue weighted by Crippen LogP contribution is 2.35. The monoisotopic (exact) mass is 268 g/mol. The van der Waals surface area contributed by atoms with E-state index in [1.807, 2.05) is 11.8 Å². The summed E-state index contributed by atoms with van der Waals surface area (Å²) >= 11 is 1.95. The first-order valence-electron chi connectivity index (χ1n) is 7.79. The Kier molecular flexibility index (Phi) is 5.59. The summed E-state index contributed by atoms with van der Waals surface area (Å²) in [5, 5.41) is 0.779. The van der Waals surface area contributed by atoms with Crippen LogP contribution >= 0.6 is 11.8 Å². The molecule has 1 nitrogen and oxygen atoms in total. The third kappa shape index (κ3) is 4.29. The smallest absolute Gasteiger partial charge is 0.145 e. The van der Waals surface area contributed by atoms with Crippen molar-refractivity contribution in [2.75, 3.05) is 5.75 Å². The molecule has 0 spiro atoms. The Morgan fingerprint density at radius 2 is 1.61 bits per heavy atom. The molecule has 0 radical (unpaired) electrons. The molecule has 2 saturated carbocycles. The Hall–Kier alpha value is 0.0200. The van der Waals surface area contributed by atoms with E-state index < -0.39 is 0 Å². The molecule has 0 amide bonds. The Balaban J connectivity index is 1.73. The van der Waals surface area contributed by atoms with Gasteiger partial charge in [-0.1, -0.05) is 33.1 Å². The van der Waals surface area contributed by atoms with Gasteiger partial charge in [-0.2, -0.15) is 11.8 Å². The highest BCUT2D eigenvalue weighted by atomic mass is 32.2. The van der Waals surface area contributed by atoms with E-state index in [1.165, 1.54) is 38.5 Å². The molecule has 2 atom stereocenters. The van der Waals surface area contributed by atoms with E-state index in [1.54, 1.807) is 0 Å². The first-order chi connectivity index (χ1) is 8.65. The van der Waals surface area contributed by atoms with Crippen LogP contribution in [-0.4, -0.2) is 16.8 Å². The van der Waals surface area contributed by atoms with Crippen LogP contribution in [0, 0.1) is 17.8 Å². The van der Waals surface area contributed by atoms with Crippen molar-refractivity contribution in [1.29, 1.82) is 0 Å². The molecule has 2 rings (SSSR count). The summed E-state index contributed by atoms with van der Waals surface area (Å²) in [6.45, 7) is 4.62. The standard InChI is InChI=1S/C16H28OS/c1-12-8-13(2)10-14(9-12)16(17)11-18-15-6-4-3-5-7-15/h12-15H,3-11H2,1-2H3. The minimum atomic E-state index is 0.375. The zero-order chi connectivity index (χ0) is 13.0. The van der Waals surface area contributed by atoms with E-state index >= 15 is 0 Å². The summed E-state index contributed by atoms with van der Waals surface area (Å²) in [4.78, 5) is 12.3. The Labute approximate surface area is 116 Å². The molecule has 0 aromatic rings. The lowest BCUT2D eigenvalue weighted by molar-refractivity contribution is -0.122. The zero-order valence-corrected chi connectivity index (χ0v) is 12.8. The van der Waals surface area contributed by atoms with Crippen LogP contribution in [0.3, 0.4) is 0 Å². The minimum Gasteiger partial charge on any atom is -0.298 e. The van der Waals surface area contributed by atoms with Crippen LogP contribution in [0.5, 0.6) is 0 Å². The fraction of sp³-hybridized carbons (Fsp3) is 0.938. The highest BCUT2D eigenvalue weighted by Gasteiger charge is 2.29. The summed E-state index contributed by atoms with van der Waals surface area (Å²) in [6.07, 6.45) is 10.5. The molecule has 2 heteroatoms. The van der Waals surface area contributed by atoms with Crippen molar-refractivity contribution in [1.82, 2.24) is 0 Å². The van der Waals surface area contributed by atoms with Gasteiger partial charge in [-0.3, -0.25) is 4.79 Å². The summed E-state index contributed by atoms with van der Waals surface area (Å²) in [5.74, 6) is 3.21. The lowest BCUT2D eigenvalue weighted by atomic mass is 9.75. The molecular formula is C16H28OS. The molecule has 2 aliphatic rings. The maximum Gasteiger partial charge on any atom is 0.145 e. The quantitative estimate of drug-likeness (QED) is 0.735. The number of hydrogen-bond acceptors (Lipinski definition) is 2. The van der Waals surface area contributed by atoms with Crippen LogP contribution in [0.25, 0.3) is 0 Å². The van der Waals surface area contributed by atoms with Crippen molar-refractivity contribution in [3.63, 3.8) is 0 Å². The van der Waals surface area contributed by atoms with E-state index in [4.69, 9.17) is 0 Å². The first kappa shape index (κ1) is 14.4. The lowest BCUT2D eigenvalue weighted by Crippen LogP contribution is -2.27. The van der Waals surface area contributed by atoms with Gasteiger partial charge >= 0.3 is 0 Å². The Bertz CT molecular complexity index is 260. The molecule has 0 N–H and O–H groups in total. The summed E-state index contributed by atoms with van der Waals surface area (Å²) < 4.78 is 0. The summed E-state index contributed by atoms with van der Waals surface area (Å²) in [5.41, 5.74) is 0. The van der Waals surface area contributed by atoms with Crippen molar-refractivity contribution in [3.05, 3.63) is 0 Å². The first-order valence-corrected chi connectivity index (χ1v) is 8.84. The average molecular weight is 268 g/mol. The second kappa shape index (κ2) is 6.98. The fourth-order valence-corrected chi connectivity index (χ4v) is 5.06. The van der Waals surface area contributed by atoms with Crippen LogP contribution in [0.4, 0.5) is 0 Å². The maximum absolute atomic E-state index is 12.3. The lowest BCUT2D eigenvalue weighted by Gasteiger charge is -2.31. The largest absolute Gasteiger partial charge is 0.298 e. The molecule has 0 heterocycles.